The van der Waals surface area contributed by atoms with E-state index >= 15 is 0 Å². The molecule has 520 valence electrons. The highest BCUT2D eigenvalue weighted by Gasteiger charge is 2.64. The van der Waals surface area contributed by atoms with Crippen molar-refractivity contribution in [1.29, 1.82) is 0 Å². The number of aromatic nitrogens is 1. The number of benzene rings is 2. The summed E-state index contributed by atoms with van der Waals surface area (Å²) in [5, 5.41) is 38.6. The minimum atomic E-state index is -1.91. The second-order valence-electron chi connectivity index (χ2n) is 24.9. The first-order chi connectivity index (χ1) is 44.5. The normalized spacial score (nSPS) is 23.7. The van der Waals surface area contributed by atoms with Crippen LogP contribution in [0.1, 0.15) is 98.2 Å². The summed E-state index contributed by atoms with van der Waals surface area (Å²) in [5.41, 5.74) is 3.84. The monoisotopic (exact) mass is 1340 g/mol. The molecule has 0 aliphatic carbocycles. The maximum absolute atomic E-state index is 14.5. The molecule has 3 aliphatic rings. The molecule has 0 spiro atoms. The summed E-state index contributed by atoms with van der Waals surface area (Å²) in [6.45, 7) is 14.1. The molecule has 2 fully saturated rings. The van der Waals surface area contributed by atoms with Gasteiger partial charge in [-0.15, -0.1) is 0 Å². The summed E-state index contributed by atoms with van der Waals surface area (Å²) in [6.07, 6.45) is 0.293. The lowest BCUT2D eigenvalue weighted by Gasteiger charge is -2.42. The number of likely N-dealkylation sites (N-methyl/N-ethyl adjacent to an activating group) is 1. The van der Waals surface area contributed by atoms with E-state index in [4.69, 9.17) is 44.8 Å². The molecule has 28 heteroatoms. The van der Waals surface area contributed by atoms with Crippen LogP contribution in [-0.4, -0.2) is 214 Å². The summed E-state index contributed by atoms with van der Waals surface area (Å²) in [4.78, 5) is 110. The average Bonchev–Trinajstić information content (AvgIpc) is 1.57. The smallest absolute Gasteiger partial charge is 0.409 e. The summed E-state index contributed by atoms with van der Waals surface area (Å²) in [7, 11) is 9.53. The van der Waals surface area contributed by atoms with Gasteiger partial charge in [-0.2, -0.15) is 0 Å². The van der Waals surface area contributed by atoms with Crippen LogP contribution in [0.5, 0.6) is 5.75 Å². The second-order valence-corrected chi connectivity index (χ2v) is 25.3. The number of aliphatic hydroxyl groups is 1. The van der Waals surface area contributed by atoms with E-state index in [1.54, 1.807) is 52.0 Å². The number of allylic oxidation sites excluding steroid dienone is 3. The number of methoxy groups -OCH3 is 2. The number of carbonyl (C=O) groups excluding carboxylic acids is 7. The van der Waals surface area contributed by atoms with E-state index in [0.29, 0.717) is 50.6 Å². The Morgan fingerprint density at radius 3 is 2.32 bits per heavy atom. The number of carboxylic acids is 1. The Hall–Kier alpha value is -7.21. The number of anilines is 1. The Kier molecular flexibility index (Phi) is 28.2. The number of epoxide rings is 1. The molecule has 0 saturated carbocycles. The number of amides is 6. The van der Waals surface area contributed by atoms with Gasteiger partial charge in [0, 0.05) is 96.7 Å². The SMILES string of the molecule is CNN(C)Cc1cc2ccccc2n1CCC(=O)N[C@@H](CCC(=O)O)CNCCOCCOCCC(=O)N[C@H](C(=O)N[C@@H](C)C(=O)N(C)[C@@H](C)C(=O)O[C@H]1CC(=O)N(C)c2cc(cc(OC)c2Cl)C/C(C)=C/C=C/[C@@H](OC)[C@@]2(O)C[C@H](OC(=O)N2)[C@@H](C)[C@@H]2O[C@@]12C)C(C)C. The van der Waals surface area contributed by atoms with Crippen molar-refractivity contribution in [3.05, 3.63) is 82.5 Å². The maximum Gasteiger partial charge on any atom is 0.409 e. The Bertz CT molecular complexity index is 3200. The first kappa shape index (κ1) is 75.8. The van der Waals surface area contributed by atoms with Crippen LogP contribution >= 0.6 is 11.6 Å². The fraction of sp³-hybridized carbons (Fsp3) is 0.606. The lowest BCUT2D eigenvalue weighted by molar-refractivity contribution is -0.162. The lowest BCUT2D eigenvalue weighted by atomic mass is 9.83. The summed E-state index contributed by atoms with van der Waals surface area (Å²) >= 11 is 6.85. The van der Waals surface area contributed by atoms with Crippen LogP contribution in [0.15, 0.2) is 66.3 Å². The number of para-hydroxylation sites is 1. The Labute approximate surface area is 555 Å². The van der Waals surface area contributed by atoms with Crippen LogP contribution in [0.25, 0.3) is 10.9 Å². The predicted octanol–water partition coefficient (Wildman–Crippen LogP) is 4.13. The zero-order valence-corrected chi connectivity index (χ0v) is 57.1. The fourth-order valence-electron chi connectivity index (χ4n) is 11.6. The number of ether oxygens (including phenoxy) is 7. The molecule has 3 aromatic rings. The van der Waals surface area contributed by atoms with E-state index in [1.807, 2.05) is 56.4 Å². The van der Waals surface area contributed by atoms with E-state index in [9.17, 15) is 48.6 Å². The van der Waals surface area contributed by atoms with Gasteiger partial charge in [0.2, 0.25) is 29.5 Å². The van der Waals surface area contributed by atoms with Crippen molar-refractivity contribution in [2.45, 2.75) is 166 Å². The second kappa shape index (κ2) is 35.0. The minimum absolute atomic E-state index is 0.0184. The molecular weight excluding hydrogens is 1240 g/mol. The number of rotatable bonds is 31. The standard InChI is InChI=1S/C66H97ClN10O17/c1-39(2)59(72-55(79)24-27-90-29-30-91-28-25-69-37-46(21-22-57(81)82)71-54(78)23-26-77-47(38-74(9)68-8)34-45-18-14-15-19-48(45)77)61(83)70-42(5)62(84)75(10)43(6)63(85)93-53-35-56(80)76(11)49-32-44(33-50(88-12)58(49)67)31-40(3)17-16-20-52(89-13)66(87)36-51(92-64(86)73-66)41(4)60-65(53,7)94-60/h14-20,32-34,39,41-43,46,51-53,59-60,68-69,87H,21-31,35-38H2,1-13H3,(H,70,83)(H,71,78)(H,72,79)(H,73,86)(H,81,82)/b20-16+,40-17+/t41-,42+,43+,46+,51+,52-,53+,59+,60+,65+,66+/m1/s1. The van der Waals surface area contributed by atoms with Gasteiger partial charge in [-0.3, -0.25) is 39.5 Å². The highest BCUT2D eigenvalue weighted by Crippen LogP contribution is 2.49. The van der Waals surface area contributed by atoms with Crippen molar-refractivity contribution < 1.29 is 81.7 Å². The van der Waals surface area contributed by atoms with Gasteiger partial charge in [0.15, 0.2) is 5.72 Å². The van der Waals surface area contributed by atoms with Crippen molar-refractivity contribution in [1.82, 2.24) is 46.5 Å². The molecule has 8 N–H and O–H groups in total. The summed E-state index contributed by atoms with van der Waals surface area (Å²) in [5.74, 6) is -5.13. The average molecular weight is 1340 g/mol. The van der Waals surface area contributed by atoms with Crippen LogP contribution in [0.3, 0.4) is 0 Å². The number of hydrazine groups is 1. The quantitative estimate of drug-likeness (QED) is 0.0194. The number of carbonyl (C=O) groups is 8. The maximum atomic E-state index is 14.5. The first-order valence-electron chi connectivity index (χ1n) is 31.8. The molecule has 94 heavy (non-hydrogen) atoms. The molecule has 2 aromatic carbocycles. The first-order valence-corrected chi connectivity index (χ1v) is 32.2. The highest BCUT2D eigenvalue weighted by molar-refractivity contribution is 6.35. The van der Waals surface area contributed by atoms with Gasteiger partial charge < -0.3 is 79.0 Å². The van der Waals surface area contributed by atoms with Crippen LogP contribution < -0.4 is 41.6 Å². The van der Waals surface area contributed by atoms with Gasteiger partial charge in [-0.25, -0.2) is 14.6 Å². The molecule has 4 heterocycles. The molecule has 0 unspecified atom stereocenters. The van der Waals surface area contributed by atoms with Gasteiger partial charge in [0.25, 0.3) is 0 Å². The number of hydrogen-bond acceptors (Lipinski definition) is 19. The van der Waals surface area contributed by atoms with E-state index in [-0.39, 0.29) is 62.9 Å². The van der Waals surface area contributed by atoms with E-state index in [1.165, 1.54) is 47.1 Å². The topological polar surface area (TPSA) is 332 Å². The molecule has 3 aliphatic heterocycles. The number of alkyl carbamates (subject to hydrolysis) is 1. The number of aryl methyl sites for hydroxylation is 1. The zero-order valence-electron chi connectivity index (χ0n) is 56.3. The third kappa shape index (κ3) is 20.6. The lowest BCUT2D eigenvalue weighted by Crippen LogP contribution is -2.63. The number of carboxylic acid groups (broad SMARTS) is 1. The molecule has 6 amide bonds. The van der Waals surface area contributed by atoms with Gasteiger partial charge >= 0.3 is 18.0 Å². The molecule has 0 radical (unpaired) electrons. The molecule has 1 aromatic heterocycles. The van der Waals surface area contributed by atoms with E-state index in [2.05, 4.69) is 42.6 Å². The predicted molar refractivity (Wildman–Crippen MR) is 350 cm³/mol. The minimum Gasteiger partial charge on any atom is -0.495 e. The van der Waals surface area contributed by atoms with Gasteiger partial charge in [-0.05, 0) is 88.7 Å². The van der Waals surface area contributed by atoms with Crippen molar-refractivity contribution in [3.63, 3.8) is 0 Å². The third-order valence-electron chi connectivity index (χ3n) is 17.4. The van der Waals surface area contributed by atoms with Crippen molar-refractivity contribution >= 4 is 75.8 Å². The summed E-state index contributed by atoms with van der Waals surface area (Å²) in [6, 6.07) is 9.66. The van der Waals surface area contributed by atoms with Crippen molar-refractivity contribution in [2.75, 3.05) is 86.8 Å². The van der Waals surface area contributed by atoms with Crippen LogP contribution in [0.4, 0.5) is 10.5 Å². The Balaban J connectivity index is 0.974. The number of nitrogens with zero attached hydrogens (tertiary/aromatic N) is 4. The fourth-order valence-corrected chi connectivity index (χ4v) is 11.9. The Morgan fingerprint density at radius 2 is 1.64 bits per heavy atom. The van der Waals surface area contributed by atoms with Crippen molar-refractivity contribution in [2.24, 2.45) is 11.8 Å². The molecule has 11 atom stereocenters. The summed E-state index contributed by atoms with van der Waals surface area (Å²) < 4.78 is 43.0. The number of fused-ring (bicyclic) bond motifs is 6. The van der Waals surface area contributed by atoms with Gasteiger partial charge in [-0.1, -0.05) is 74.4 Å². The molecular formula is C66H97ClN10O17. The number of esters is 1. The highest BCUT2D eigenvalue weighted by atomic mass is 35.5. The zero-order chi connectivity index (χ0) is 69.2. The molecule has 27 nitrogen and oxygen atoms in total. The molecule has 4 bridgehead atoms. The Morgan fingerprint density at radius 1 is 0.936 bits per heavy atom. The van der Waals surface area contributed by atoms with Crippen LogP contribution in [0.2, 0.25) is 5.02 Å². The van der Waals surface area contributed by atoms with Crippen molar-refractivity contribution in [3.8, 4) is 5.75 Å². The van der Waals surface area contributed by atoms with E-state index in [0.717, 1.165) is 32.6 Å². The molecule has 2 saturated heterocycles. The van der Waals surface area contributed by atoms with Gasteiger partial charge in [0.05, 0.1) is 58.3 Å². The number of halogens is 1. The van der Waals surface area contributed by atoms with Gasteiger partial charge in [0.1, 0.15) is 52.8 Å². The van der Waals surface area contributed by atoms with Crippen LogP contribution in [-0.2, 0) is 81.5 Å². The van der Waals surface area contributed by atoms with E-state index < -0.39 is 120 Å². The number of nitrogens with one attached hydrogen (secondary N) is 6. The largest absolute Gasteiger partial charge is 0.495 e. The third-order valence-corrected chi connectivity index (χ3v) is 17.8. The van der Waals surface area contributed by atoms with Crippen LogP contribution in [0, 0.1) is 11.8 Å². The number of aliphatic carboxylic acids is 1. The number of hydrogen-bond donors (Lipinski definition) is 8. The molecule has 6 rings (SSSR count).